The van der Waals surface area contributed by atoms with Crippen LogP contribution >= 0.6 is 0 Å². The van der Waals surface area contributed by atoms with Gasteiger partial charge in [-0.05, 0) is 18.8 Å². The Morgan fingerprint density at radius 1 is 1.04 bits per heavy atom. The summed E-state index contributed by atoms with van der Waals surface area (Å²) in [5, 5.41) is 1.16. The number of carbonyl (C=O) groups is 1. The molecule has 1 aromatic rings. The van der Waals surface area contributed by atoms with E-state index in [-0.39, 0.29) is 5.91 Å². The Kier molecular flexibility index (Phi) is 6.73. The van der Waals surface area contributed by atoms with E-state index in [0.29, 0.717) is 35.3 Å². The van der Waals surface area contributed by atoms with Crippen LogP contribution in [0.2, 0.25) is 0 Å². The summed E-state index contributed by atoms with van der Waals surface area (Å²) in [6.07, 6.45) is 6.15. The first-order valence-corrected chi connectivity index (χ1v) is 8.31. The van der Waals surface area contributed by atoms with Gasteiger partial charge in [0.25, 0.3) is 5.91 Å². The van der Waals surface area contributed by atoms with E-state index in [1.54, 1.807) is 26.3 Å². The lowest BCUT2D eigenvalue weighted by Crippen LogP contribution is -2.26. The molecular formula is C18H27NO5. The molecule has 6 nitrogen and oxygen atoms in total. The third kappa shape index (κ3) is 4.32. The van der Waals surface area contributed by atoms with Crippen LogP contribution in [0.4, 0.5) is 0 Å². The van der Waals surface area contributed by atoms with Gasteiger partial charge in [0, 0.05) is 19.2 Å². The van der Waals surface area contributed by atoms with E-state index < -0.39 is 0 Å². The second-order valence-electron chi connectivity index (χ2n) is 6.00. The highest BCUT2D eigenvalue weighted by Crippen LogP contribution is 2.36. The number of nitrogens with zero attached hydrogens (tertiary/aromatic N) is 1. The minimum Gasteiger partial charge on any atom is -0.493 e. The summed E-state index contributed by atoms with van der Waals surface area (Å²) in [5.74, 6) is 1.75. The van der Waals surface area contributed by atoms with Crippen LogP contribution in [0.15, 0.2) is 12.1 Å². The van der Waals surface area contributed by atoms with Gasteiger partial charge in [-0.2, -0.15) is 0 Å². The van der Waals surface area contributed by atoms with Crippen LogP contribution in [-0.2, 0) is 4.84 Å². The van der Waals surface area contributed by atoms with E-state index in [1.165, 1.54) is 46.3 Å². The minimum atomic E-state index is -0.294. The molecule has 0 bridgehead atoms. The average molecular weight is 337 g/mol. The van der Waals surface area contributed by atoms with Gasteiger partial charge >= 0.3 is 0 Å². The van der Waals surface area contributed by atoms with Gasteiger partial charge in [0.05, 0.1) is 33.5 Å². The fourth-order valence-corrected chi connectivity index (χ4v) is 2.96. The Morgan fingerprint density at radius 2 is 1.67 bits per heavy atom. The van der Waals surface area contributed by atoms with Crippen molar-refractivity contribution in [3.63, 3.8) is 0 Å². The second-order valence-corrected chi connectivity index (χ2v) is 6.00. The van der Waals surface area contributed by atoms with E-state index in [2.05, 4.69) is 0 Å². The molecular weight excluding hydrogens is 310 g/mol. The Labute approximate surface area is 143 Å². The maximum absolute atomic E-state index is 12.5. The van der Waals surface area contributed by atoms with E-state index in [1.807, 2.05) is 0 Å². The predicted octanol–water partition coefficient (Wildman–Crippen LogP) is 3.30. The number of hydroxylamine groups is 2. The zero-order valence-corrected chi connectivity index (χ0v) is 15.0. The molecule has 0 heterocycles. The molecule has 0 aromatic heterocycles. The highest BCUT2D eigenvalue weighted by atomic mass is 16.7. The maximum Gasteiger partial charge on any atom is 0.281 e. The second kappa shape index (κ2) is 8.78. The lowest BCUT2D eigenvalue weighted by Gasteiger charge is -2.23. The van der Waals surface area contributed by atoms with Crippen molar-refractivity contribution in [1.29, 1.82) is 0 Å². The van der Waals surface area contributed by atoms with Crippen LogP contribution in [0, 0.1) is 5.92 Å². The first-order valence-electron chi connectivity index (χ1n) is 8.31. The van der Waals surface area contributed by atoms with Crippen LogP contribution in [0.5, 0.6) is 17.2 Å². The van der Waals surface area contributed by atoms with Gasteiger partial charge in [-0.15, -0.1) is 0 Å². The smallest absolute Gasteiger partial charge is 0.281 e. The number of carbonyl (C=O) groups excluding carboxylic acids is 1. The highest BCUT2D eigenvalue weighted by Gasteiger charge is 2.22. The number of amides is 1. The molecule has 1 aliphatic carbocycles. The number of hydrogen-bond donors (Lipinski definition) is 0. The molecule has 0 spiro atoms. The molecule has 1 amide bonds. The fraction of sp³-hybridized carbons (Fsp3) is 0.611. The Morgan fingerprint density at radius 3 is 2.25 bits per heavy atom. The first kappa shape index (κ1) is 18.4. The summed E-state index contributed by atoms with van der Waals surface area (Å²) in [6, 6.07) is 3.34. The van der Waals surface area contributed by atoms with Crippen molar-refractivity contribution in [3.05, 3.63) is 17.7 Å². The number of benzene rings is 1. The molecule has 0 radical (unpaired) electrons. The van der Waals surface area contributed by atoms with Crippen molar-refractivity contribution < 1.29 is 23.8 Å². The van der Waals surface area contributed by atoms with Crippen LogP contribution in [0.3, 0.4) is 0 Å². The van der Waals surface area contributed by atoms with Crippen molar-refractivity contribution in [2.45, 2.75) is 32.1 Å². The summed E-state index contributed by atoms with van der Waals surface area (Å²) in [6.45, 7) is 0.604. The summed E-state index contributed by atoms with van der Waals surface area (Å²) >= 11 is 0. The largest absolute Gasteiger partial charge is 0.493 e. The van der Waals surface area contributed by atoms with Gasteiger partial charge < -0.3 is 14.2 Å². The van der Waals surface area contributed by atoms with Crippen LogP contribution in [0.1, 0.15) is 42.5 Å². The van der Waals surface area contributed by atoms with E-state index >= 15 is 0 Å². The third-order valence-corrected chi connectivity index (χ3v) is 4.48. The Bertz CT molecular complexity index is 555. The number of ether oxygens (including phenoxy) is 3. The van der Waals surface area contributed by atoms with Crippen molar-refractivity contribution in [2.24, 2.45) is 5.92 Å². The normalized spacial score (nSPS) is 15.0. The highest BCUT2D eigenvalue weighted by molar-refractivity contribution is 5.97. The zero-order chi connectivity index (χ0) is 17.5. The van der Waals surface area contributed by atoms with E-state index in [9.17, 15) is 4.79 Å². The van der Waals surface area contributed by atoms with Crippen molar-refractivity contribution in [1.82, 2.24) is 5.06 Å². The quantitative estimate of drug-likeness (QED) is 0.715. The van der Waals surface area contributed by atoms with Gasteiger partial charge in [-0.25, -0.2) is 5.06 Å². The summed E-state index contributed by atoms with van der Waals surface area (Å²) in [5.41, 5.74) is 0.396. The zero-order valence-electron chi connectivity index (χ0n) is 15.0. The maximum atomic E-state index is 12.5. The minimum absolute atomic E-state index is 0.294. The Hall–Kier alpha value is -1.95. The van der Waals surface area contributed by atoms with Gasteiger partial charge in [0.1, 0.15) is 5.75 Å². The standard InChI is InChI=1S/C18H27NO5/c1-19(23-4)18(20)14-10-16(21-2)17(22-3)11-15(14)24-12-13-8-6-5-7-9-13/h10-11,13H,5-9,12H2,1-4H3. The number of methoxy groups -OCH3 is 2. The van der Waals surface area contributed by atoms with Crippen molar-refractivity contribution in [3.8, 4) is 17.2 Å². The number of rotatable bonds is 7. The van der Waals surface area contributed by atoms with E-state index in [4.69, 9.17) is 19.0 Å². The van der Waals surface area contributed by atoms with Gasteiger partial charge in [0.2, 0.25) is 0 Å². The molecule has 0 atom stereocenters. The average Bonchev–Trinajstić information content (AvgIpc) is 2.65. The number of hydrogen-bond acceptors (Lipinski definition) is 5. The lowest BCUT2D eigenvalue weighted by molar-refractivity contribution is -0.0758. The molecule has 2 rings (SSSR count). The summed E-state index contributed by atoms with van der Waals surface area (Å²) in [4.78, 5) is 17.5. The molecule has 0 unspecified atom stereocenters. The SMILES string of the molecule is COc1cc(OCC2CCCCC2)c(C(=O)N(C)OC)cc1OC. The molecule has 1 aliphatic rings. The molecule has 1 aromatic carbocycles. The van der Waals surface area contributed by atoms with Gasteiger partial charge in [-0.1, -0.05) is 19.3 Å². The predicted molar refractivity (Wildman–Crippen MR) is 90.7 cm³/mol. The molecule has 0 aliphatic heterocycles. The molecule has 24 heavy (non-hydrogen) atoms. The monoisotopic (exact) mass is 337 g/mol. The van der Waals surface area contributed by atoms with Gasteiger partial charge in [-0.3, -0.25) is 9.63 Å². The third-order valence-electron chi connectivity index (χ3n) is 4.48. The molecule has 1 fully saturated rings. The van der Waals surface area contributed by atoms with Crippen LogP contribution < -0.4 is 14.2 Å². The summed E-state index contributed by atoms with van der Waals surface area (Å²) in [7, 11) is 6.10. The summed E-state index contributed by atoms with van der Waals surface area (Å²) < 4.78 is 16.6. The molecule has 0 saturated heterocycles. The molecule has 6 heteroatoms. The fourth-order valence-electron chi connectivity index (χ4n) is 2.96. The van der Waals surface area contributed by atoms with Crippen molar-refractivity contribution >= 4 is 5.91 Å². The first-order chi connectivity index (χ1) is 11.6. The molecule has 1 saturated carbocycles. The van der Waals surface area contributed by atoms with Gasteiger partial charge in [0.15, 0.2) is 11.5 Å². The topological polar surface area (TPSA) is 57.2 Å². The molecule has 134 valence electrons. The van der Waals surface area contributed by atoms with Crippen molar-refractivity contribution in [2.75, 3.05) is 35.0 Å². The van der Waals surface area contributed by atoms with E-state index in [0.717, 1.165) is 5.06 Å². The van der Waals surface area contributed by atoms with Crippen LogP contribution in [0.25, 0.3) is 0 Å². The Balaban J connectivity index is 2.26. The molecule has 0 N–H and O–H groups in total. The van der Waals surface area contributed by atoms with Crippen LogP contribution in [-0.4, -0.2) is 46.0 Å². The lowest BCUT2D eigenvalue weighted by atomic mass is 9.90.